The number of esters is 1. The van der Waals surface area contributed by atoms with Crippen LogP contribution >= 0.6 is 0 Å². The second kappa shape index (κ2) is 11.0. The molecular weight excluding hydrogens is 452 g/mol. The molecule has 0 spiro atoms. The Kier molecular flexibility index (Phi) is 8.36. The van der Waals surface area contributed by atoms with Gasteiger partial charge in [-0.15, -0.1) is 0 Å². The van der Waals surface area contributed by atoms with Crippen LogP contribution in [0, 0.1) is 18.8 Å². The third kappa shape index (κ3) is 5.78. The average Bonchev–Trinajstić information content (AvgIpc) is 2.81. The van der Waals surface area contributed by atoms with Crippen molar-refractivity contribution < 1.29 is 22.7 Å². The molecule has 1 fully saturated rings. The molecule has 0 aliphatic heterocycles. The Morgan fingerprint density at radius 3 is 2.47 bits per heavy atom. The fraction of sp³-hybridized carbons (Fsp3) is 0.462. The van der Waals surface area contributed by atoms with E-state index in [0.717, 1.165) is 19.3 Å². The number of amides is 1. The summed E-state index contributed by atoms with van der Waals surface area (Å²) in [5.74, 6) is -0.183. The van der Waals surface area contributed by atoms with Crippen LogP contribution in [-0.4, -0.2) is 39.5 Å². The van der Waals surface area contributed by atoms with Crippen molar-refractivity contribution in [3.05, 3.63) is 59.7 Å². The van der Waals surface area contributed by atoms with Gasteiger partial charge in [-0.2, -0.15) is 0 Å². The van der Waals surface area contributed by atoms with E-state index in [4.69, 9.17) is 4.74 Å². The molecule has 1 aliphatic carbocycles. The van der Waals surface area contributed by atoms with Gasteiger partial charge in [-0.25, -0.2) is 13.2 Å². The number of anilines is 1. The molecule has 1 amide bonds. The molecule has 184 valence electrons. The molecule has 0 bridgehead atoms. The summed E-state index contributed by atoms with van der Waals surface area (Å²) in [6, 6.07) is 13.3. The van der Waals surface area contributed by atoms with Crippen LogP contribution in [0.3, 0.4) is 0 Å². The number of ether oxygens (including phenoxy) is 1. The van der Waals surface area contributed by atoms with Gasteiger partial charge >= 0.3 is 5.97 Å². The topological polar surface area (TPSA) is 92.8 Å². The highest BCUT2D eigenvalue weighted by Crippen LogP contribution is 2.29. The van der Waals surface area contributed by atoms with E-state index in [1.54, 1.807) is 44.2 Å². The van der Waals surface area contributed by atoms with Gasteiger partial charge in [-0.05, 0) is 61.9 Å². The Balaban J connectivity index is 1.71. The molecule has 2 aromatic carbocycles. The minimum atomic E-state index is -3.91. The number of nitrogens with zero attached hydrogens (tertiary/aromatic N) is 1. The lowest BCUT2D eigenvalue weighted by Gasteiger charge is -2.34. The van der Waals surface area contributed by atoms with Crippen molar-refractivity contribution in [2.45, 2.75) is 57.9 Å². The second-order valence-electron chi connectivity index (χ2n) is 9.00. The molecule has 34 heavy (non-hydrogen) atoms. The van der Waals surface area contributed by atoms with Crippen molar-refractivity contribution in [3.8, 4) is 0 Å². The third-order valence-corrected chi connectivity index (χ3v) is 8.76. The molecule has 0 heterocycles. The molecule has 0 aromatic heterocycles. The molecule has 1 saturated carbocycles. The first kappa shape index (κ1) is 25.7. The Hall–Kier alpha value is -2.87. The van der Waals surface area contributed by atoms with Crippen LogP contribution < -0.4 is 9.62 Å². The number of sulfonamides is 1. The van der Waals surface area contributed by atoms with Crippen LogP contribution in [0.5, 0.6) is 0 Å². The average molecular weight is 487 g/mol. The second-order valence-corrected chi connectivity index (χ2v) is 10.8. The lowest BCUT2D eigenvalue weighted by molar-refractivity contribution is -0.125. The van der Waals surface area contributed by atoms with Gasteiger partial charge in [0.05, 0.1) is 16.1 Å². The number of carbonyl (C=O) groups excluding carboxylic acids is 2. The lowest BCUT2D eigenvalue weighted by atomic mass is 9.78. The van der Waals surface area contributed by atoms with Crippen molar-refractivity contribution >= 4 is 27.6 Å². The SMILES string of the molecule is CCN(c1ccccc1)S(=O)(=O)c1cc(C(=O)OCC(=O)N[C@@H]2CCC[C@@H](C)[C@@H]2C)ccc1C. The van der Waals surface area contributed by atoms with Gasteiger partial charge in [0.2, 0.25) is 0 Å². The first-order valence-corrected chi connectivity index (χ1v) is 13.2. The van der Waals surface area contributed by atoms with Gasteiger partial charge in [0.15, 0.2) is 6.61 Å². The van der Waals surface area contributed by atoms with Crippen LogP contribution in [0.25, 0.3) is 0 Å². The standard InChI is InChI=1S/C26H34N2O5S/c1-5-28(22-11-7-6-8-12-22)34(31,32)24-16-21(15-14-19(24)3)26(30)33-17-25(29)27-23-13-9-10-18(2)20(23)4/h6-8,11-12,14-16,18,20,23H,5,9-10,13,17H2,1-4H3,(H,27,29)/t18-,20+,23-/m1/s1. The van der Waals surface area contributed by atoms with E-state index in [0.29, 0.717) is 23.1 Å². The van der Waals surface area contributed by atoms with Gasteiger partial charge in [-0.1, -0.05) is 51.0 Å². The van der Waals surface area contributed by atoms with Crippen molar-refractivity contribution in [2.24, 2.45) is 11.8 Å². The first-order valence-electron chi connectivity index (χ1n) is 11.8. The molecule has 8 heteroatoms. The highest BCUT2D eigenvalue weighted by molar-refractivity contribution is 7.92. The van der Waals surface area contributed by atoms with Crippen molar-refractivity contribution in [1.29, 1.82) is 0 Å². The van der Waals surface area contributed by atoms with Crippen molar-refractivity contribution in [3.63, 3.8) is 0 Å². The summed E-state index contributed by atoms with van der Waals surface area (Å²) in [7, 11) is -3.91. The molecule has 3 atom stereocenters. The monoisotopic (exact) mass is 486 g/mol. The van der Waals surface area contributed by atoms with Crippen LogP contribution in [0.1, 0.15) is 56.0 Å². The number of nitrogens with one attached hydrogen (secondary N) is 1. The lowest BCUT2D eigenvalue weighted by Crippen LogP contribution is -2.45. The van der Waals surface area contributed by atoms with Crippen LogP contribution in [0.4, 0.5) is 5.69 Å². The maximum Gasteiger partial charge on any atom is 0.338 e. The molecule has 0 radical (unpaired) electrons. The zero-order chi connectivity index (χ0) is 24.9. The third-order valence-electron chi connectivity index (χ3n) is 6.71. The summed E-state index contributed by atoms with van der Waals surface area (Å²) < 4.78 is 33.3. The van der Waals surface area contributed by atoms with Gasteiger partial charge in [-0.3, -0.25) is 9.10 Å². The normalized spacial score (nSPS) is 20.4. The molecule has 0 unspecified atom stereocenters. The van der Waals surface area contributed by atoms with E-state index in [2.05, 4.69) is 19.2 Å². The molecular formula is C26H34N2O5S. The van der Waals surface area contributed by atoms with E-state index in [9.17, 15) is 18.0 Å². The number of hydrogen-bond donors (Lipinski definition) is 1. The molecule has 3 rings (SSSR count). The van der Waals surface area contributed by atoms with Crippen molar-refractivity contribution in [1.82, 2.24) is 5.32 Å². The van der Waals surface area contributed by atoms with E-state index >= 15 is 0 Å². The Morgan fingerprint density at radius 2 is 1.79 bits per heavy atom. The fourth-order valence-electron chi connectivity index (χ4n) is 4.46. The minimum absolute atomic E-state index is 0.0297. The Labute approximate surface area is 202 Å². The number of carbonyl (C=O) groups is 2. The molecule has 1 N–H and O–H groups in total. The van der Waals surface area contributed by atoms with Crippen LogP contribution in [-0.2, 0) is 19.6 Å². The van der Waals surface area contributed by atoms with E-state index < -0.39 is 22.6 Å². The number of aryl methyl sites for hydroxylation is 1. The predicted molar refractivity (Wildman–Crippen MR) is 132 cm³/mol. The van der Waals surface area contributed by atoms with Gasteiger partial charge in [0, 0.05) is 12.6 Å². The number of benzene rings is 2. The van der Waals surface area contributed by atoms with Crippen LogP contribution in [0.2, 0.25) is 0 Å². The smallest absolute Gasteiger partial charge is 0.338 e. The van der Waals surface area contributed by atoms with Crippen molar-refractivity contribution in [2.75, 3.05) is 17.5 Å². The highest BCUT2D eigenvalue weighted by atomic mass is 32.2. The molecule has 0 saturated heterocycles. The summed E-state index contributed by atoms with van der Waals surface area (Å²) in [4.78, 5) is 25.1. The number of hydrogen-bond acceptors (Lipinski definition) is 5. The summed E-state index contributed by atoms with van der Waals surface area (Å²) >= 11 is 0. The van der Waals surface area contributed by atoms with E-state index in [1.807, 2.05) is 6.07 Å². The van der Waals surface area contributed by atoms with Crippen LogP contribution in [0.15, 0.2) is 53.4 Å². The minimum Gasteiger partial charge on any atom is -0.452 e. The quantitative estimate of drug-likeness (QED) is 0.562. The summed E-state index contributed by atoms with van der Waals surface area (Å²) in [6.45, 7) is 7.58. The maximum absolute atomic E-state index is 13.4. The summed E-state index contributed by atoms with van der Waals surface area (Å²) in [5.41, 5.74) is 1.14. The zero-order valence-electron chi connectivity index (χ0n) is 20.3. The van der Waals surface area contributed by atoms with Gasteiger partial charge < -0.3 is 10.1 Å². The van der Waals surface area contributed by atoms with E-state index in [-0.39, 0.29) is 29.0 Å². The van der Waals surface area contributed by atoms with Gasteiger partial charge in [0.1, 0.15) is 0 Å². The largest absolute Gasteiger partial charge is 0.452 e. The molecule has 1 aliphatic rings. The first-order chi connectivity index (χ1) is 16.1. The number of para-hydroxylation sites is 1. The maximum atomic E-state index is 13.4. The predicted octanol–water partition coefficient (Wildman–Crippen LogP) is 4.31. The highest BCUT2D eigenvalue weighted by Gasteiger charge is 2.29. The molecule has 2 aromatic rings. The van der Waals surface area contributed by atoms with E-state index in [1.165, 1.54) is 16.4 Å². The van der Waals surface area contributed by atoms with Gasteiger partial charge in [0.25, 0.3) is 15.9 Å². The fourth-order valence-corrected chi connectivity index (χ4v) is 6.19. The Morgan fingerprint density at radius 1 is 1.09 bits per heavy atom. The molecule has 7 nitrogen and oxygen atoms in total. The summed E-state index contributed by atoms with van der Waals surface area (Å²) in [6.07, 6.45) is 3.13. The zero-order valence-corrected chi connectivity index (χ0v) is 21.1. The number of rotatable bonds is 8. The summed E-state index contributed by atoms with van der Waals surface area (Å²) in [5, 5.41) is 2.97. The Bertz CT molecular complexity index is 1120.